The summed E-state index contributed by atoms with van der Waals surface area (Å²) < 4.78 is 13.0. The molecule has 2 aromatic rings. The summed E-state index contributed by atoms with van der Waals surface area (Å²) in [7, 11) is 0. The van der Waals surface area contributed by atoms with Crippen molar-refractivity contribution in [2.75, 3.05) is 13.1 Å². The molecule has 0 aliphatic rings. The lowest BCUT2D eigenvalue weighted by atomic mass is 9.98. The Hall–Kier alpha value is -1.71. The van der Waals surface area contributed by atoms with Crippen LogP contribution in [-0.4, -0.2) is 13.1 Å². The fourth-order valence-corrected chi connectivity index (χ4v) is 2.08. The Morgan fingerprint density at radius 2 is 1.58 bits per heavy atom. The first kappa shape index (κ1) is 13.7. The van der Waals surface area contributed by atoms with Crippen molar-refractivity contribution >= 4 is 0 Å². The molecule has 0 aliphatic carbocycles. The summed E-state index contributed by atoms with van der Waals surface area (Å²) in [6.45, 7) is 1.51. The maximum absolute atomic E-state index is 13.0. The van der Waals surface area contributed by atoms with Gasteiger partial charge in [-0.05, 0) is 42.8 Å². The molecule has 2 aromatic carbocycles. The molecule has 0 heterocycles. The fraction of sp³-hybridized carbons (Fsp3) is 0.250. The molecule has 100 valence electrons. The molecule has 2 nitrogen and oxygen atoms in total. The molecule has 1 unspecified atom stereocenters. The van der Waals surface area contributed by atoms with Crippen molar-refractivity contribution in [2.45, 2.75) is 12.5 Å². The number of hydrogen-bond donors (Lipinski definition) is 2. The van der Waals surface area contributed by atoms with Crippen LogP contribution in [0.3, 0.4) is 0 Å². The van der Waals surface area contributed by atoms with E-state index in [0.29, 0.717) is 6.54 Å². The highest BCUT2D eigenvalue weighted by molar-refractivity contribution is 5.31. The molecule has 2 rings (SSSR count). The van der Waals surface area contributed by atoms with Crippen molar-refractivity contribution in [1.82, 2.24) is 5.32 Å². The Morgan fingerprint density at radius 3 is 2.21 bits per heavy atom. The van der Waals surface area contributed by atoms with Gasteiger partial charge in [-0.3, -0.25) is 0 Å². The van der Waals surface area contributed by atoms with E-state index in [2.05, 4.69) is 17.4 Å². The third-order valence-electron chi connectivity index (χ3n) is 3.07. The van der Waals surface area contributed by atoms with E-state index in [-0.39, 0.29) is 11.9 Å². The van der Waals surface area contributed by atoms with Gasteiger partial charge in [0.15, 0.2) is 0 Å². The zero-order valence-electron chi connectivity index (χ0n) is 10.9. The lowest BCUT2D eigenvalue weighted by Gasteiger charge is -2.19. The molecule has 0 saturated heterocycles. The zero-order valence-corrected chi connectivity index (χ0v) is 10.9. The van der Waals surface area contributed by atoms with Crippen molar-refractivity contribution in [3.8, 4) is 0 Å². The fourth-order valence-electron chi connectivity index (χ4n) is 2.08. The molecule has 3 N–H and O–H groups in total. The number of halogens is 1. The summed E-state index contributed by atoms with van der Waals surface area (Å²) in [5.41, 5.74) is 7.75. The second kappa shape index (κ2) is 7.02. The highest BCUT2D eigenvalue weighted by atomic mass is 19.1. The van der Waals surface area contributed by atoms with E-state index in [9.17, 15) is 4.39 Å². The molecule has 0 spiro atoms. The van der Waals surface area contributed by atoms with Gasteiger partial charge in [0.05, 0.1) is 6.04 Å². The van der Waals surface area contributed by atoms with E-state index in [1.165, 1.54) is 17.7 Å². The number of rotatable bonds is 6. The predicted molar refractivity (Wildman–Crippen MR) is 76.4 cm³/mol. The Balaban J connectivity index is 2.21. The molecule has 19 heavy (non-hydrogen) atoms. The SMILES string of the molecule is NCCCNC(c1ccccc1)c1ccc(F)cc1. The monoisotopic (exact) mass is 258 g/mol. The number of nitrogens with one attached hydrogen (secondary N) is 1. The average Bonchev–Trinajstić information content (AvgIpc) is 2.46. The Bertz CT molecular complexity index is 482. The maximum atomic E-state index is 13.0. The van der Waals surface area contributed by atoms with Gasteiger partial charge in [0.1, 0.15) is 5.82 Å². The van der Waals surface area contributed by atoms with Crippen LogP contribution in [-0.2, 0) is 0 Å². The molecular formula is C16H19FN2. The highest BCUT2D eigenvalue weighted by Crippen LogP contribution is 2.22. The normalized spacial score (nSPS) is 12.3. The Kier molecular flexibility index (Phi) is 5.07. The van der Waals surface area contributed by atoms with Crippen LogP contribution in [0, 0.1) is 5.82 Å². The third-order valence-corrected chi connectivity index (χ3v) is 3.07. The van der Waals surface area contributed by atoms with E-state index in [1.54, 1.807) is 0 Å². The molecule has 3 heteroatoms. The van der Waals surface area contributed by atoms with E-state index >= 15 is 0 Å². The summed E-state index contributed by atoms with van der Waals surface area (Å²) in [5.74, 6) is -0.211. The van der Waals surface area contributed by atoms with Crippen LogP contribution in [0.15, 0.2) is 54.6 Å². The summed E-state index contributed by atoms with van der Waals surface area (Å²) in [4.78, 5) is 0. The topological polar surface area (TPSA) is 38.0 Å². The first-order valence-corrected chi connectivity index (χ1v) is 6.55. The van der Waals surface area contributed by atoms with Crippen molar-refractivity contribution in [2.24, 2.45) is 5.73 Å². The highest BCUT2D eigenvalue weighted by Gasteiger charge is 2.12. The number of hydrogen-bond acceptors (Lipinski definition) is 2. The minimum Gasteiger partial charge on any atom is -0.330 e. The van der Waals surface area contributed by atoms with E-state index in [1.807, 2.05) is 30.3 Å². The molecule has 0 aromatic heterocycles. The first-order valence-electron chi connectivity index (χ1n) is 6.55. The number of benzene rings is 2. The smallest absolute Gasteiger partial charge is 0.123 e. The van der Waals surface area contributed by atoms with Crippen LogP contribution in [0.4, 0.5) is 4.39 Å². The minimum absolute atomic E-state index is 0.0772. The Labute approximate surface area is 113 Å². The molecule has 0 bridgehead atoms. The molecular weight excluding hydrogens is 239 g/mol. The van der Waals surface area contributed by atoms with Crippen molar-refractivity contribution in [3.05, 3.63) is 71.5 Å². The summed E-state index contributed by atoms with van der Waals surface area (Å²) in [6, 6.07) is 16.9. The van der Waals surface area contributed by atoms with E-state index < -0.39 is 0 Å². The van der Waals surface area contributed by atoms with Crippen molar-refractivity contribution in [1.29, 1.82) is 0 Å². The van der Waals surface area contributed by atoms with Gasteiger partial charge in [-0.2, -0.15) is 0 Å². The van der Waals surface area contributed by atoms with Gasteiger partial charge in [0.2, 0.25) is 0 Å². The number of nitrogens with two attached hydrogens (primary N) is 1. The second-order valence-electron chi connectivity index (χ2n) is 4.49. The second-order valence-corrected chi connectivity index (χ2v) is 4.49. The molecule has 0 saturated carbocycles. The average molecular weight is 258 g/mol. The van der Waals surface area contributed by atoms with Gasteiger partial charge in [0, 0.05) is 0 Å². The predicted octanol–water partition coefficient (Wildman–Crippen LogP) is 2.85. The molecule has 0 radical (unpaired) electrons. The zero-order chi connectivity index (χ0) is 13.5. The van der Waals surface area contributed by atoms with Gasteiger partial charge < -0.3 is 11.1 Å². The maximum Gasteiger partial charge on any atom is 0.123 e. The summed E-state index contributed by atoms with van der Waals surface area (Å²) in [5, 5.41) is 3.47. The first-order chi connectivity index (χ1) is 9.31. The van der Waals surface area contributed by atoms with Gasteiger partial charge in [-0.15, -0.1) is 0 Å². The van der Waals surface area contributed by atoms with Gasteiger partial charge >= 0.3 is 0 Å². The molecule has 1 atom stereocenters. The summed E-state index contributed by atoms with van der Waals surface area (Å²) >= 11 is 0. The van der Waals surface area contributed by atoms with Crippen LogP contribution in [0.5, 0.6) is 0 Å². The van der Waals surface area contributed by atoms with Gasteiger partial charge in [0.25, 0.3) is 0 Å². The lowest BCUT2D eigenvalue weighted by molar-refractivity contribution is 0.583. The molecule has 0 amide bonds. The standard InChI is InChI=1S/C16H19FN2/c17-15-9-7-14(8-10-15)16(19-12-4-11-18)13-5-2-1-3-6-13/h1-3,5-10,16,19H,4,11-12,18H2. The Morgan fingerprint density at radius 1 is 0.947 bits per heavy atom. The van der Waals surface area contributed by atoms with E-state index in [0.717, 1.165) is 18.5 Å². The third kappa shape index (κ3) is 3.88. The van der Waals surface area contributed by atoms with E-state index in [4.69, 9.17) is 5.73 Å². The van der Waals surface area contributed by atoms with Crippen LogP contribution in [0.25, 0.3) is 0 Å². The van der Waals surface area contributed by atoms with Crippen molar-refractivity contribution < 1.29 is 4.39 Å². The van der Waals surface area contributed by atoms with Crippen LogP contribution < -0.4 is 11.1 Å². The molecule has 0 aliphatic heterocycles. The molecule has 0 fully saturated rings. The van der Waals surface area contributed by atoms with Gasteiger partial charge in [-0.25, -0.2) is 4.39 Å². The van der Waals surface area contributed by atoms with Crippen LogP contribution in [0.2, 0.25) is 0 Å². The lowest BCUT2D eigenvalue weighted by Crippen LogP contribution is -2.25. The van der Waals surface area contributed by atoms with Crippen molar-refractivity contribution in [3.63, 3.8) is 0 Å². The van der Waals surface area contributed by atoms with Crippen LogP contribution in [0.1, 0.15) is 23.6 Å². The van der Waals surface area contributed by atoms with Crippen LogP contribution >= 0.6 is 0 Å². The van der Waals surface area contributed by atoms with Gasteiger partial charge in [-0.1, -0.05) is 42.5 Å². The summed E-state index contributed by atoms with van der Waals surface area (Å²) in [6.07, 6.45) is 0.921. The largest absolute Gasteiger partial charge is 0.330 e. The quantitative estimate of drug-likeness (QED) is 0.782. The minimum atomic E-state index is -0.211.